The van der Waals surface area contributed by atoms with Crippen molar-refractivity contribution in [2.45, 2.75) is 11.4 Å². The van der Waals surface area contributed by atoms with Crippen LogP contribution in [0.3, 0.4) is 0 Å². The van der Waals surface area contributed by atoms with Gasteiger partial charge in [0.25, 0.3) is 0 Å². The second-order valence-corrected chi connectivity index (χ2v) is 8.36. The topological polar surface area (TPSA) is 50.3 Å². The van der Waals surface area contributed by atoms with Crippen molar-refractivity contribution in [3.05, 3.63) is 69.9 Å². The smallest absolute Gasteiger partial charge is 0.245 e. The van der Waals surface area contributed by atoms with Crippen molar-refractivity contribution in [1.82, 2.24) is 9.29 Å². The highest BCUT2D eigenvalue weighted by atomic mass is 127. The van der Waals surface area contributed by atoms with Crippen molar-refractivity contribution in [1.29, 1.82) is 0 Å². The van der Waals surface area contributed by atoms with Crippen LogP contribution in [0.4, 0.5) is 0 Å². The van der Waals surface area contributed by atoms with Crippen molar-refractivity contribution in [2.24, 2.45) is 0 Å². The SMILES string of the molecule is CN(Cc1ccccc1I)S(=O)(=O)c1cccc2cccnc12. The van der Waals surface area contributed by atoms with Crippen LogP contribution in [-0.2, 0) is 16.6 Å². The van der Waals surface area contributed by atoms with Crippen molar-refractivity contribution in [3.63, 3.8) is 0 Å². The zero-order valence-corrected chi connectivity index (χ0v) is 15.5. The summed E-state index contributed by atoms with van der Waals surface area (Å²) >= 11 is 2.22. The van der Waals surface area contributed by atoms with Crippen LogP contribution < -0.4 is 0 Å². The van der Waals surface area contributed by atoms with Crippen LogP contribution >= 0.6 is 22.6 Å². The van der Waals surface area contributed by atoms with Gasteiger partial charge in [0.2, 0.25) is 10.0 Å². The van der Waals surface area contributed by atoms with Gasteiger partial charge in [0.05, 0.1) is 5.52 Å². The molecule has 1 heterocycles. The summed E-state index contributed by atoms with van der Waals surface area (Å²) in [6, 6.07) is 16.6. The Bertz CT molecular complexity index is 952. The Morgan fingerprint density at radius 2 is 1.78 bits per heavy atom. The monoisotopic (exact) mass is 438 g/mol. The third kappa shape index (κ3) is 3.24. The minimum absolute atomic E-state index is 0.240. The molecule has 1 aromatic heterocycles. The molecule has 0 aliphatic carbocycles. The molecule has 23 heavy (non-hydrogen) atoms. The Morgan fingerprint density at radius 3 is 2.57 bits per heavy atom. The molecule has 0 bridgehead atoms. The van der Waals surface area contributed by atoms with E-state index in [0.29, 0.717) is 12.1 Å². The summed E-state index contributed by atoms with van der Waals surface area (Å²) in [5, 5.41) is 0.816. The van der Waals surface area contributed by atoms with Gasteiger partial charge in [-0.1, -0.05) is 36.4 Å². The molecule has 2 aromatic carbocycles. The molecule has 0 unspecified atom stereocenters. The molecule has 118 valence electrons. The van der Waals surface area contributed by atoms with E-state index in [9.17, 15) is 8.42 Å². The summed E-state index contributed by atoms with van der Waals surface area (Å²) < 4.78 is 28.3. The average molecular weight is 438 g/mol. The first-order valence-electron chi connectivity index (χ1n) is 7.03. The maximum absolute atomic E-state index is 12.9. The molecule has 0 saturated heterocycles. The quantitative estimate of drug-likeness (QED) is 0.585. The number of halogens is 1. The van der Waals surface area contributed by atoms with Gasteiger partial charge in [0.15, 0.2) is 0 Å². The lowest BCUT2D eigenvalue weighted by Crippen LogP contribution is -2.27. The van der Waals surface area contributed by atoms with Crippen LogP contribution in [-0.4, -0.2) is 24.8 Å². The molecular formula is C17H15IN2O2S. The lowest BCUT2D eigenvalue weighted by atomic mass is 10.2. The molecule has 0 radical (unpaired) electrons. The van der Waals surface area contributed by atoms with Gasteiger partial charge < -0.3 is 0 Å². The second-order valence-electron chi connectivity index (χ2n) is 5.18. The Hall–Kier alpha value is -1.51. The molecule has 3 aromatic rings. The van der Waals surface area contributed by atoms with Crippen molar-refractivity contribution in [3.8, 4) is 0 Å². The number of fused-ring (bicyclic) bond motifs is 1. The van der Waals surface area contributed by atoms with E-state index in [1.54, 1.807) is 31.4 Å². The van der Waals surface area contributed by atoms with E-state index in [1.807, 2.05) is 36.4 Å². The number of nitrogens with zero attached hydrogens (tertiary/aromatic N) is 2. The summed E-state index contributed by atoms with van der Waals surface area (Å²) in [5.74, 6) is 0. The number of rotatable bonds is 4. The highest BCUT2D eigenvalue weighted by molar-refractivity contribution is 14.1. The number of sulfonamides is 1. The van der Waals surface area contributed by atoms with Gasteiger partial charge >= 0.3 is 0 Å². The molecular weight excluding hydrogens is 423 g/mol. The Morgan fingerprint density at radius 1 is 1.04 bits per heavy atom. The molecule has 3 rings (SSSR count). The van der Waals surface area contributed by atoms with Gasteiger partial charge in [-0.05, 0) is 46.4 Å². The largest absolute Gasteiger partial charge is 0.255 e. The summed E-state index contributed by atoms with van der Waals surface area (Å²) in [4.78, 5) is 4.49. The molecule has 0 saturated carbocycles. The Balaban J connectivity index is 2.02. The normalized spacial score (nSPS) is 12.0. The first kappa shape index (κ1) is 16.4. The lowest BCUT2D eigenvalue weighted by Gasteiger charge is -2.18. The molecule has 0 spiro atoms. The molecule has 0 atom stereocenters. The maximum atomic E-state index is 12.9. The highest BCUT2D eigenvalue weighted by Crippen LogP contribution is 2.25. The molecule has 0 N–H and O–H groups in total. The number of aromatic nitrogens is 1. The number of hydrogen-bond acceptors (Lipinski definition) is 3. The zero-order chi connectivity index (χ0) is 16.4. The van der Waals surface area contributed by atoms with Gasteiger partial charge in [-0.2, -0.15) is 4.31 Å². The van der Waals surface area contributed by atoms with Crippen LogP contribution in [0.5, 0.6) is 0 Å². The third-order valence-corrected chi connectivity index (χ3v) is 6.52. The van der Waals surface area contributed by atoms with Crippen molar-refractivity contribution < 1.29 is 8.42 Å². The highest BCUT2D eigenvalue weighted by Gasteiger charge is 2.24. The number of benzene rings is 2. The maximum Gasteiger partial charge on any atom is 0.245 e. The third-order valence-electron chi connectivity index (χ3n) is 3.63. The zero-order valence-electron chi connectivity index (χ0n) is 12.5. The molecule has 4 nitrogen and oxygen atoms in total. The van der Waals surface area contributed by atoms with Crippen LogP contribution in [0.1, 0.15) is 5.56 Å². The van der Waals surface area contributed by atoms with Crippen molar-refractivity contribution in [2.75, 3.05) is 7.05 Å². The van der Waals surface area contributed by atoms with Gasteiger partial charge in [-0.3, -0.25) is 4.98 Å². The van der Waals surface area contributed by atoms with E-state index in [-0.39, 0.29) is 4.90 Å². The fourth-order valence-electron chi connectivity index (χ4n) is 2.40. The molecule has 0 fully saturated rings. The summed E-state index contributed by atoms with van der Waals surface area (Å²) in [6.07, 6.45) is 1.61. The van der Waals surface area contributed by atoms with E-state index in [1.165, 1.54) is 4.31 Å². The molecule has 0 aliphatic heterocycles. The van der Waals surface area contributed by atoms with Gasteiger partial charge in [-0.25, -0.2) is 8.42 Å². The fraction of sp³-hybridized carbons (Fsp3) is 0.118. The predicted molar refractivity (Wildman–Crippen MR) is 99.6 cm³/mol. The Kier molecular flexibility index (Phi) is 4.65. The second kappa shape index (κ2) is 6.54. The van der Waals surface area contributed by atoms with Crippen LogP contribution in [0.2, 0.25) is 0 Å². The van der Waals surface area contributed by atoms with Crippen LogP contribution in [0.25, 0.3) is 10.9 Å². The van der Waals surface area contributed by atoms with Crippen molar-refractivity contribution >= 4 is 43.5 Å². The fourth-order valence-corrected chi connectivity index (χ4v) is 4.27. The molecule has 0 amide bonds. The van der Waals surface area contributed by atoms with Crippen LogP contribution in [0, 0.1) is 3.57 Å². The predicted octanol–water partition coefficient (Wildman–Crippen LogP) is 3.66. The number of para-hydroxylation sites is 1. The standard InChI is InChI=1S/C17H15IN2O2S/c1-20(12-14-6-2-3-9-15(14)18)23(21,22)16-10-4-7-13-8-5-11-19-17(13)16/h2-11H,12H2,1H3. The number of hydrogen-bond donors (Lipinski definition) is 0. The minimum atomic E-state index is -3.61. The van der Waals surface area contributed by atoms with E-state index in [2.05, 4.69) is 27.6 Å². The van der Waals surface area contributed by atoms with E-state index < -0.39 is 10.0 Å². The summed E-state index contributed by atoms with van der Waals surface area (Å²) in [5.41, 5.74) is 1.48. The van der Waals surface area contributed by atoms with Crippen LogP contribution in [0.15, 0.2) is 65.7 Å². The van der Waals surface area contributed by atoms with Gasteiger partial charge in [-0.15, -0.1) is 0 Å². The summed E-state index contributed by atoms with van der Waals surface area (Å²) in [6.45, 7) is 0.324. The lowest BCUT2D eigenvalue weighted by molar-refractivity contribution is 0.466. The van der Waals surface area contributed by atoms with E-state index in [0.717, 1.165) is 14.5 Å². The first-order chi connectivity index (χ1) is 11.0. The average Bonchev–Trinajstić information content (AvgIpc) is 2.56. The first-order valence-corrected chi connectivity index (χ1v) is 9.55. The minimum Gasteiger partial charge on any atom is -0.255 e. The molecule has 0 aliphatic rings. The summed E-state index contributed by atoms with van der Waals surface area (Å²) in [7, 11) is -2.02. The van der Waals surface area contributed by atoms with E-state index >= 15 is 0 Å². The van der Waals surface area contributed by atoms with E-state index in [4.69, 9.17) is 0 Å². The van der Waals surface area contributed by atoms with Gasteiger partial charge in [0.1, 0.15) is 4.90 Å². The van der Waals surface area contributed by atoms with Gasteiger partial charge in [0, 0.05) is 28.7 Å². The Labute approximate surface area is 149 Å². The number of pyridine rings is 1. The molecule has 6 heteroatoms.